The molecule has 0 aromatic heterocycles. The van der Waals surface area contributed by atoms with Crippen LogP contribution in [0.25, 0.3) is 0 Å². The van der Waals surface area contributed by atoms with Crippen LogP contribution in [-0.2, 0) is 14.8 Å². The largest absolute Gasteiger partial charge is 0.323 e. The van der Waals surface area contributed by atoms with Crippen LogP contribution >= 0.6 is 23.2 Å². The fraction of sp³-hybridized carbons (Fsp3) is 0.278. The molecule has 1 saturated heterocycles. The van der Waals surface area contributed by atoms with E-state index in [2.05, 4.69) is 5.32 Å². The number of nitrogens with one attached hydrogen (secondary N) is 1. The van der Waals surface area contributed by atoms with Crippen LogP contribution in [0, 0.1) is 6.92 Å². The molecule has 0 saturated carbocycles. The lowest BCUT2D eigenvalue weighted by Crippen LogP contribution is -2.43. The minimum Gasteiger partial charge on any atom is -0.323 e. The van der Waals surface area contributed by atoms with E-state index >= 15 is 0 Å². The van der Waals surface area contributed by atoms with Gasteiger partial charge in [-0.15, -0.1) is 0 Å². The molecule has 5 nitrogen and oxygen atoms in total. The summed E-state index contributed by atoms with van der Waals surface area (Å²) >= 11 is 12.1. The number of hydrogen-bond acceptors (Lipinski definition) is 3. The minimum absolute atomic E-state index is 0.121. The Hall–Kier alpha value is -1.60. The Morgan fingerprint density at radius 2 is 1.85 bits per heavy atom. The van der Waals surface area contributed by atoms with E-state index in [9.17, 15) is 13.2 Å². The first-order valence-corrected chi connectivity index (χ1v) is 10.3. The predicted octanol–water partition coefficient (Wildman–Crippen LogP) is 4.09. The monoisotopic (exact) mass is 412 g/mol. The Morgan fingerprint density at radius 1 is 1.15 bits per heavy atom. The maximum atomic E-state index is 12.9. The Bertz CT molecular complexity index is 930. The smallest absolute Gasteiger partial charge is 0.243 e. The lowest BCUT2D eigenvalue weighted by atomic mass is 10.2. The van der Waals surface area contributed by atoms with Crippen LogP contribution in [0.1, 0.15) is 18.4 Å². The molecule has 1 amide bonds. The van der Waals surface area contributed by atoms with E-state index in [1.165, 1.54) is 28.6 Å². The SMILES string of the molecule is Cc1cccc(NC(=O)[C@H]2CCCN2S(=O)(=O)c2ccc(Cl)cc2)c1Cl. The molecule has 2 aromatic carbocycles. The molecule has 2 aromatic rings. The number of benzene rings is 2. The predicted molar refractivity (Wildman–Crippen MR) is 103 cm³/mol. The van der Waals surface area contributed by atoms with Crippen LogP contribution in [0.2, 0.25) is 10.0 Å². The molecular weight excluding hydrogens is 395 g/mol. The summed E-state index contributed by atoms with van der Waals surface area (Å²) < 4.78 is 27.1. The molecule has 0 spiro atoms. The van der Waals surface area contributed by atoms with Crippen molar-refractivity contribution in [1.29, 1.82) is 0 Å². The molecule has 1 atom stereocenters. The van der Waals surface area contributed by atoms with Crippen LogP contribution in [-0.4, -0.2) is 31.2 Å². The summed E-state index contributed by atoms with van der Waals surface area (Å²) in [5.41, 5.74) is 1.31. The number of nitrogens with zero attached hydrogens (tertiary/aromatic N) is 1. The molecule has 1 heterocycles. The first-order valence-electron chi connectivity index (χ1n) is 8.14. The molecule has 138 valence electrons. The zero-order valence-electron chi connectivity index (χ0n) is 14.1. The van der Waals surface area contributed by atoms with Crippen LogP contribution < -0.4 is 5.32 Å². The Balaban J connectivity index is 1.84. The molecule has 26 heavy (non-hydrogen) atoms. The summed E-state index contributed by atoms with van der Waals surface area (Å²) in [5.74, 6) is -0.382. The molecule has 1 N–H and O–H groups in total. The van der Waals surface area contributed by atoms with Gasteiger partial charge in [0.1, 0.15) is 6.04 Å². The molecule has 1 aliphatic rings. The maximum Gasteiger partial charge on any atom is 0.243 e. The normalized spacial score (nSPS) is 18.0. The Morgan fingerprint density at radius 3 is 2.54 bits per heavy atom. The molecule has 0 aliphatic carbocycles. The van der Waals surface area contributed by atoms with E-state index in [0.29, 0.717) is 35.1 Å². The summed E-state index contributed by atoms with van der Waals surface area (Å²) in [6.45, 7) is 2.13. The molecule has 1 fully saturated rings. The third kappa shape index (κ3) is 3.74. The lowest BCUT2D eigenvalue weighted by Gasteiger charge is -2.23. The van der Waals surface area contributed by atoms with Crippen LogP contribution in [0.5, 0.6) is 0 Å². The molecule has 8 heteroatoms. The van der Waals surface area contributed by atoms with E-state index < -0.39 is 16.1 Å². The van der Waals surface area contributed by atoms with Crippen molar-refractivity contribution >= 4 is 44.8 Å². The minimum atomic E-state index is -3.78. The first-order chi connectivity index (χ1) is 12.3. The van der Waals surface area contributed by atoms with Gasteiger partial charge in [-0.25, -0.2) is 8.42 Å². The number of anilines is 1. The van der Waals surface area contributed by atoms with Gasteiger partial charge in [0.15, 0.2) is 0 Å². The van der Waals surface area contributed by atoms with E-state index in [1.54, 1.807) is 12.1 Å². The number of carbonyl (C=O) groups excluding carboxylic acids is 1. The van der Waals surface area contributed by atoms with Gasteiger partial charge < -0.3 is 5.32 Å². The topological polar surface area (TPSA) is 66.5 Å². The number of halogens is 2. The highest BCUT2D eigenvalue weighted by Crippen LogP contribution is 2.30. The number of aryl methyl sites for hydroxylation is 1. The number of rotatable bonds is 4. The number of sulfonamides is 1. The van der Waals surface area contributed by atoms with Gasteiger partial charge in [0.25, 0.3) is 0 Å². The van der Waals surface area contributed by atoms with E-state index in [4.69, 9.17) is 23.2 Å². The van der Waals surface area contributed by atoms with Crippen LogP contribution in [0.15, 0.2) is 47.4 Å². The average Bonchev–Trinajstić information content (AvgIpc) is 3.10. The summed E-state index contributed by atoms with van der Waals surface area (Å²) in [6.07, 6.45) is 1.08. The summed E-state index contributed by atoms with van der Waals surface area (Å²) in [4.78, 5) is 12.8. The summed E-state index contributed by atoms with van der Waals surface area (Å²) in [7, 11) is -3.78. The third-order valence-electron chi connectivity index (χ3n) is 4.38. The van der Waals surface area contributed by atoms with Gasteiger partial charge in [-0.3, -0.25) is 4.79 Å². The highest BCUT2D eigenvalue weighted by atomic mass is 35.5. The molecule has 0 unspecified atom stereocenters. The van der Waals surface area contributed by atoms with Crippen molar-refractivity contribution in [2.24, 2.45) is 0 Å². The zero-order valence-corrected chi connectivity index (χ0v) is 16.4. The van der Waals surface area contributed by atoms with Gasteiger partial charge in [0.05, 0.1) is 15.6 Å². The van der Waals surface area contributed by atoms with Crippen molar-refractivity contribution in [2.75, 3.05) is 11.9 Å². The van der Waals surface area contributed by atoms with Gasteiger partial charge >= 0.3 is 0 Å². The fourth-order valence-electron chi connectivity index (χ4n) is 2.99. The van der Waals surface area contributed by atoms with Crippen molar-refractivity contribution < 1.29 is 13.2 Å². The van der Waals surface area contributed by atoms with E-state index in [-0.39, 0.29) is 10.8 Å². The number of amides is 1. The fourth-order valence-corrected chi connectivity index (χ4v) is 4.95. The lowest BCUT2D eigenvalue weighted by molar-refractivity contribution is -0.119. The van der Waals surface area contributed by atoms with Crippen LogP contribution in [0.3, 0.4) is 0 Å². The summed E-state index contributed by atoms with van der Waals surface area (Å²) in [5, 5.41) is 3.66. The van der Waals surface area contributed by atoms with Gasteiger partial charge in [-0.1, -0.05) is 35.3 Å². The quantitative estimate of drug-likeness (QED) is 0.821. The van der Waals surface area contributed by atoms with Gasteiger partial charge in [0.2, 0.25) is 15.9 Å². The number of hydrogen-bond donors (Lipinski definition) is 1. The maximum absolute atomic E-state index is 12.9. The second kappa shape index (κ2) is 7.56. The Labute approximate surface area is 163 Å². The van der Waals surface area contributed by atoms with E-state index in [0.717, 1.165) is 5.56 Å². The molecule has 0 radical (unpaired) electrons. The molecule has 0 bridgehead atoms. The van der Waals surface area contributed by atoms with Crippen LogP contribution in [0.4, 0.5) is 5.69 Å². The van der Waals surface area contributed by atoms with Gasteiger partial charge in [-0.05, 0) is 55.7 Å². The number of carbonyl (C=O) groups is 1. The van der Waals surface area contributed by atoms with Crippen molar-refractivity contribution in [3.05, 3.63) is 58.1 Å². The average molecular weight is 413 g/mol. The summed E-state index contributed by atoms with van der Waals surface area (Å²) in [6, 6.07) is 10.5. The van der Waals surface area contributed by atoms with E-state index in [1.807, 2.05) is 13.0 Å². The Kier molecular flexibility index (Phi) is 5.58. The molecule has 1 aliphatic heterocycles. The van der Waals surface area contributed by atoms with Crippen molar-refractivity contribution in [2.45, 2.75) is 30.7 Å². The third-order valence-corrected chi connectivity index (χ3v) is 7.05. The molecular formula is C18H18Cl2N2O3S. The van der Waals surface area contributed by atoms with Crippen molar-refractivity contribution in [1.82, 2.24) is 4.31 Å². The van der Waals surface area contributed by atoms with Crippen molar-refractivity contribution in [3.63, 3.8) is 0 Å². The standard InChI is InChI=1S/C18H18Cl2N2O3S/c1-12-4-2-5-15(17(12)20)21-18(23)16-6-3-11-22(16)26(24,25)14-9-7-13(19)8-10-14/h2,4-5,7-10,16H,3,6,11H2,1H3,(H,21,23)/t16-/m1/s1. The van der Waals surface area contributed by atoms with Crippen molar-refractivity contribution in [3.8, 4) is 0 Å². The first kappa shape index (κ1) is 19.2. The second-order valence-corrected chi connectivity index (χ2v) is 8.86. The zero-order chi connectivity index (χ0) is 18.9. The second-order valence-electron chi connectivity index (χ2n) is 6.15. The highest BCUT2D eigenvalue weighted by Gasteiger charge is 2.39. The highest BCUT2D eigenvalue weighted by molar-refractivity contribution is 7.89. The van der Waals surface area contributed by atoms with Gasteiger partial charge in [0, 0.05) is 11.6 Å². The molecule has 3 rings (SSSR count). The van der Waals surface area contributed by atoms with Gasteiger partial charge in [-0.2, -0.15) is 4.31 Å².